The van der Waals surface area contributed by atoms with E-state index < -0.39 is 0 Å². The highest BCUT2D eigenvalue weighted by Crippen LogP contribution is 2.38. The van der Waals surface area contributed by atoms with Gasteiger partial charge in [-0.15, -0.1) is 0 Å². The molecule has 0 unspecified atom stereocenters. The number of hydrogen-bond acceptors (Lipinski definition) is 1. The average molecular weight is 501 g/mol. The fourth-order valence-electron chi connectivity index (χ4n) is 5.92. The number of ether oxygens (including phenoxy) is 1. The van der Waals surface area contributed by atoms with Crippen LogP contribution in [0.3, 0.4) is 0 Å². The SMILES string of the molecule is CCc1cc(-c2ccc(-c3ccc(C4CCC(C)CC4)cc3F)cc2)ccc1OCC(CC)(CC)CC. The lowest BCUT2D eigenvalue weighted by Gasteiger charge is -2.30. The summed E-state index contributed by atoms with van der Waals surface area (Å²) in [5.41, 5.74) is 6.57. The molecule has 0 bridgehead atoms. The molecular formula is C35H45FO. The van der Waals surface area contributed by atoms with Crippen LogP contribution in [-0.2, 0) is 6.42 Å². The first kappa shape index (κ1) is 27.4. The van der Waals surface area contributed by atoms with E-state index in [9.17, 15) is 0 Å². The molecule has 1 fully saturated rings. The van der Waals surface area contributed by atoms with Crippen molar-refractivity contribution < 1.29 is 9.13 Å². The maximum atomic E-state index is 15.2. The summed E-state index contributed by atoms with van der Waals surface area (Å²) in [6, 6.07) is 20.7. The summed E-state index contributed by atoms with van der Waals surface area (Å²) in [6.07, 6.45) is 9.18. The Morgan fingerprint density at radius 1 is 0.757 bits per heavy atom. The van der Waals surface area contributed by atoms with E-state index in [0.29, 0.717) is 11.5 Å². The Labute approximate surface area is 224 Å². The Kier molecular flexibility index (Phi) is 9.11. The molecule has 1 saturated carbocycles. The molecule has 1 nitrogen and oxygen atoms in total. The molecule has 4 rings (SSSR count). The molecule has 1 aliphatic rings. The Balaban J connectivity index is 1.49. The molecule has 0 heterocycles. The Bertz CT molecular complexity index is 1140. The van der Waals surface area contributed by atoms with Gasteiger partial charge in [0.05, 0.1) is 6.61 Å². The van der Waals surface area contributed by atoms with Gasteiger partial charge < -0.3 is 4.74 Å². The highest BCUT2D eigenvalue weighted by Gasteiger charge is 2.25. The summed E-state index contributed by atoms with van der Waals surface area (Å²) in [5.74, 6) is 2.20. The van der Waals surface area contributed by atoms with Crippen molar-refractivity contribution >= 4 is 0 Å². The standard InChI is InChI=1S/C35H45FO/c1-6-26-22-30(19-21-34(26)37-24-35(7-2,8-3)9-4)28-14-16-29(17-15-28)32-20-18-31(23-33(32)36)27-12-10-25(5)11-13-27/h14-23,25,27H,6-13,24H2,1-5H3. The number of rotatable bonds is 10. The predicted octanol–water partition coefficient (Wildman–Crippen LogP) is 10.6. The van der Waals surface area contributed by atoms with Crippen molar-refractivity contribution in [3.05, 3.63) is 77.6 Å². The third kappa shape index (κ3) is 6.28. The zero-order valence-electron chi connectivity index (χ0n) is 23.6. The fourth-order valence-corrected chi connectivity index (χ4v) is 5.92. The zero-order valence-corrected chi connectivity index (χ0v) is 23.6. The van der Waals surface area contributed by atoms with Gasteiger partial charge in [-0.2, -0.15) is 0 Å². The van der Waals surface area contributed by atoms with Crippen molar-refractivity contribution in [1.82, 2.24) is 0 Å². The maximum Gasteiger partial charge on any atom is 0.131 e. The van der Waals surface area contributed by atoms with E-state index in [1.54, 1.807) is 6.07 Å². The van der Waals surface area contributed by atoms with Gasteiger partial charge in [-0.1, -0.05) is 89.9 Å². The third-order valence-electron chi connectivity index (χ3n) is 9.23. The lowest BCUT2D eigenvalue weighted by molar-refractivity contribution is 0.127. The molecule has 0 aliphatic heterocycles. The molecule has 0 saturated heterocycles. The Morgan fingerprint density at radius 2 is 1.38 bits per heavy atom. The summed E-state index contributed by atoms with van der Waals surface area (Å²) >= 11 is 0. The van der Waals surface area contributed by atoms with Crippen molar-refractivity contribution in [2.24, 2.45) is 11.3 Å². The van der Waals surface area contributed by atoms with E-state index in [1.807, 2.05) is 18.2 Å². The Hall–Kier alpha value is -2.61. The molecule has 0 N–H and O–H groups in total. The second-order valence-corrected chi connectivity index (χ2v) is 11.3. The van der Waals surface area contributed by atoms with Gasteiger partial charge in [-0.25, -0.2) is 4.39 Å². The van der Waals surface area contributed by atoms with Crippen molar-refractivity contribution in [2.45, 2.75) is 91.9 Å². The maximum absolute atomic E-state index is 15.2. The largest absolute Gasteiger partial charge is 0.493 e. The normalized spacial score (nSPS) is 18.1. The third-order valence-corrected chi connectivity index (χ3v) is 9.23. The minimum atomic E-state index is -0.110. The first-order chi connectivity index (χ1) is 17.9. The van der Waals surface area contributed by atoms with Gasteiger partial charge in [-0.3, -0.25) is 0 Å². The van der Waals surface area contributed by atoms with Crippen molar-refractivity contribution in [2.75, 3.05) is 6.61 Å². The molecular weight excluding hydrogens is 455 g/mol. The van der Waals surface area contributed by atoms with Crippen LogP contribution in [0.2, 0.25) is 0 Å². The van der Waals surface area contributed by atoms with Gasteiger partial charge in [0.1, 0.15) is 11.6 Å². The second kappa shape index (κ2) is 12.3. The van der Waals surface area contributed by atoms with E-state index in [-0.39, 0.29) is 11.2 Å². The predicted molar refractivity (Wildman–Crippen MR) is 156 cm³/mol. The number of benzene rings is 3. The fraction of sp³-hybridized carbons (Fsp3) is 0.486. The van der Waals surface area contributed by atoms with Crippen molar-refractivity contribution in [1.29, 1.82) is 0 Å². The quantitative estimate of drug-likeness (QED) is 0.269. The van der Waals surface area contributed by atoms with Crippen molar-refractivity contribution in [3.8, 4) is 28.0 Å². The molecule has 1 aliphatic carbocycles. The number of hydrogen-bond donors (Lipinski definition) is 0. The van der Waals surface area contributed by atoms with Crippen LogP contribution < -0.4 is 4.74 Å². The molecule has 0 radical (unpaired) electrons. The van der Waals surface area contributed by atoms with Crippen LogP contribution in [0.25, 0.3) is 22.3 Å². The molecule has 37 heavy (non-hydrogen) atoms. The summed E-state index contributed by atoms with van der Waals surface area (Å²) in [7, 11) is 0. The molecule has 0 spiro atoms. The lowest BCUT2D eigenvalue weighted by atomic mass is 9.79. The second-order valence-electron chi connectivity index (χ2n) is 11.3. The van der Waals surface area contributed by atoms with Crippen LogP contribution in [0.4, 0.5) is 4.39 Å². The molecule has 198 valence electrons. The monoisotopic (exact) mass is 500 g/mol. The van der Waals surface area contributed by atoms with E-state index in [4.69, 9.17) is 4.74 Å². The highest BCUT2D eigenvalue weighted by atomic mass is 19.1. The zero-order chi connectivity index (χ0) is 26.4. The topological polar surface area (TPSA) is 9.23 Å². The number of halogens is 1. The van der Waals surface area contributed by atoms with E-state index >= 15 is 4.39 Å². The van der Waals surface area contributed by atoms with Gasteiger partial charge in [0.15, 0.2) is 0 Å². The summed E-state index contributed by atoms with van der Waals surface area (Å²) in [6.45, 7) is 12.1. The minimum absolute atomic E-state index is 0.110. The molecule has 0 atom stereocenters. The van der Waals surface area contributed by atoms with Crippen molar-refractivity contribution in [3.63, 3.8) is 0 Å². The van der Waals surface area contributed by atoms with E-state index in [2.05, 4.69) is 71.0 Å². The van der Waals surface area contributed by atoms with Crippen LogP contribution >= 0.6 is 0 Å². The van der Waals surface area contributed by atoms with Crippen LogP contribution in [0.5, 0.6) is 5.75 Å². The van der Waals surface area contributed by atoms with Gasteiger partial charge in [-0.05, 0) is 96.4 Å². The first-order valence-corrected chi connectivity index (χ1v) is 14.6. The summed E-state index contributed by atoms with van der Waals surface area (Å²) in [5, 5.41) is 0. The summed E-state index contributed by atoms with van der Waals surface area (Å²) < 4.78 is 21.5. The van der Waals surface area contributed by atoms with Gasteiger partial charge >= 0.3 is 0 Å². The van der Waals surface area contributed by atoms with E-state index in [0.717, 1.165) is 60.6 Å². The molecule has 2 heteroatoms. The van der Waals surface area contributed by atoms with Crippen LogP contribution in [0.1, 0.15) is 96.6 Å². The minimum Gasteiger partial charge on any atom is -0.493 e. The molecule has 0 aromatic heterocycles. The molecule has 3 aromatic rings. The van der Waals surface area contributed by atoms with Gasteiger partial charge in [0.25, 0.3) is 0 Å². The van der Waals surface area contributed by atoms with Crippen LogP contribution in [0.15, 0.2) is 60.7 Å². The highest BCUT2D eigenvalue weighted by molar-refractivity contribution is 5.72. The van der Waals surface area contributed by atoms with Gasteiger partial charge in [0.2, 0.25) is 0 Å². The average Bonchev–Trinajstić information content (AvgIpc) is 2.94. The Morgan fingerprint density at radius 3 is 1.97 bits per heavy atom. The lowest BCUT2D eigenvalue weighted by Crippen LogP contribution is -2.26. The first-order valence-electron chi connectivity index (χ1n) is 14.6. The smallest absolute Gasteiger partial charge is 0.131 e. The van der Waals surface area contributed by atoms with Gasteiger partial charge in [0, 0.05) is 11.0 Å². The number of aryl methyl sites for hydroxylation is 1. The molecule has 3 aromatic carbocycles. The molecule has 0 amide bonds. The van der Waals surface area contributed by atoms with Crippen LogP contribution in [-0.4, -0.2) is 6.61 Å². The van der Waals surface area contributed by atoms with E-state index in [1.165, 1.54) is 36.8 Å². The van der Waals surface area contributed by atoms with Crippen LogP contribution in [0, 0.1) is 17.2 Å². The summed E-state index contributed by atoms with van der Waals surface area (Å²) in [4.78, 5) is 0.